The first kappa shape index (κ1) is 18.9. The molecule has 0 saturated carbocycles. The summed E-state index contributed by atoms with van der Waals surface area (Å²) in [6, 6.07) is -0.102. The lowest BCUT2D eigenvalue weighted by molar-refractivity contribution is -0.188. The van der Waals surface area contributed by atoms with E-state index in [1.165, 1.54) is 0 Å². The van der Waals surface area contributed by atoms with Crippen molar-refractivity contribution in [2.45, 2.75) is 44.4 Å². The number of amides is 3. The fraction of sp³-hybridized carbons (Fsp3) is 0.824. The average Bonchev–Trinajstić information content (AvgIpc) is 3.10. The first-order chi connectivity index (χ1) is 12.5. The van der Waals surface area contributed by atoms with Gasteiger partial charge in [-0.1, -0.05) is 0 Å². The van der Waals surface area contributed by atoms with Crippen LogP contribution in [0.25, 0.3) is 0 Å². The van der Waals surface area contributed by atoms with Gasteiger partial charge >= 0.3 is 17.9 Å². The molecule has 146 valence electrons. The van der Waals surface area contributed by atoms with Gasteiger partial charge in [0.25, 0.3) is 0 Å². The third kappa shape index (κ3) is 4.27. The molecule has 3 rings (SSSR count). The summed E-state index contributed by atoms with van der Waals surface area (Å²) in [5.41, 5.74) is 0. The molecule has 0 aromatic rings. The van der Waals surface area contributed by atoms with Gasteiger partial charge in [0.05, 0.1) is 19.8 Å². The van der Waals surface area contributed by atoms with Crippen molar-refractivity contribution >= 4 is 17.9 Å². The molecule has 9 nitrogen and oxygen atoms in total. The fourth-order valence-electron chi connectivity index (χ4n) is 3.65. The van der Waals surface area contributed by atoms with Crippen LogP contribution < -0.4 is 5.32 Å². The van der Waals surface area contributed by atoms with Crippen molar-refractivity contribution in [2.24, 2.45) is 0 Å². The van der Waals surface area contributed by atoms with Gasteiger partial charge in [-0.3, -0.25) is 9.59 Å². The van der Waals surface area contributed by atoms with Crippen LogP contribution in [0, 0.1) is 0 Å². The molecule has 9 heteroatoms. The molecule has 1 N–H and O–H groups in total. The third-order valence-corrected chi connectivity index (χ3v) is 5.18. The first-order valence-electron chi connectivity index (χ1n) is 9.32. The lowest BCUT2D eigenvalue weighted by Crippen LogP contribution is -2.54. The smallest absolute Gasteiger partial charge is 0.409 e. The molecule has 3 heterocycles. The summed E-state index contributed by atoms with van der Waals surface area (Å²) < 4.78 is 16.2. The zero-order valence-corrected chi connectivity index (χ0v) is 15.2. The van der Waals surface area contributed by atoms with Gasteiger partial charge in [-0.2, -0.15) is 0 Å². The maximum atomic E-state index is 12.4. The fourth-order valence-corrected chi connectivity index (χ4v) is 3.65. The number of piperidine rings is 2. The number of carbonyl (C=O) groups excluding carboxylic acids is 3. The van der Waals surface area contributed by atoms with Gasteiger partial charge in [0, 0.05) is 45.1 Å². The highest BCUT2D eigenvalue weighted by Crippen LogP contribution is 2.31. The maximum absolute atomic E-state index is 12.4. The molecule has 0 atom stereocenters. The van der Waals surface area contributed by atoms with E-state index in [1.54, 1.807) is 16.7 Å². The molecular formula is C17H27N3O6. The minimum Gasteiger partial charge on any atom is -0.450 e. The molecule has 3 saturated heterocycles. The Morgan fingerprint density at radius 1 is 1.04 bits per heavy atom. The number of likely N-dealkylation sites (tertiary alicyclic amines) is 2. The van der Waals surface area contributed by atoms with Gasteiger partial charge < -0.3 is 29.3 Å². The van der Waals surface area contributed by atoms with Gasteiger partial charge in [-0.15, -0.1) is 0 Å². The van der Waals surface area contributed by atoms with Crippen LogP contribution in [0.2, 0.25) is 0 Å². The summed E-state index contributed by atoms with van der Waals surface area (Å²) in [6.45, 7) is 5.21. The Morgan fingerprint density at radius 2 is 1.65 bits per heavy atom. The number of nitrogens with zero attached hydrogens (tertiary/aromatic N) is 2. The molecule has 26 heavy (non-hydrogen) atoms. The monoisotopic (exact) mass is 369 g/mol. The summed E-state index contributed by atoms with van der Waals surface area (Å²) in [4.78, 5) is 39.5. The summed E-state index contributed by atoms with van der Waals surface area (Å²) >= 11 is 0. The van der Waals surface area contributed by atoms with E-state index in [1.807, 2.05) is 0 Å². The van der Waals surface area contributed by atoms with Crippen LogP contribution in [-0.2, 0) is 23.8 Å². The van der Waals surface area contributed by atoms with Crippen LogP contribution in [0.1, 0.15) is 32.6 Å². The number of rotatable bonds is 2. The summed E-state index contributed by atoms with van der Waals surface area (Å²) in [5.74, 6) is -1.65. The Labute approximate surface area is 152 Å². The van der Waals surface area contributed by atoms with E-state index >= 15 is 0 Å². The summed E-state index contributed by atoms with van der Waals surface area (Å²) in [5, 5.41) is 2.80. The molecule has 0 aromatic heterocycles. The average molecular weight is 369 g/mol. The molecule has 0 radical (unpaired) electrons. The largest absolute Gasteiger partial charge is 0.450 e. The van der Waals surface area contributed by atoms with Crippen molar-refractivity contribution in [3.8, 4) is 0 Å². The Morgan fingerprint density at radius 3 is 2.23 bits per heavy atom. The van der Waals surface area contributed by atoms with Gasteiger partial charge in [-0.05, 0) is 19.8 Å². The van der Waals surface area contributed by atoms with Crippen molar-refractivity contribution in [3.05, 3.63) is 0 Å². The molecular weight excluding hydrogens is 342 g/mol. The van der Waals surface area contributed by atoms with E-state index in [0.29, 0.717) is 71.7 Å². The lowest BCUT2D eigenvalue weighted by Gasteiger charge is -2.37. The molecule has 1 spiro atoms. The predicted octanol–water partition coefficient (Wildman–Crippen LogP) is 0.0890. The molecule has 0 aromatic carbocycles. The van der Waals surface area contributed by atoms with Crippen molar-refractivity contribution < 1.29 is 28.6 Å². The van der Waals surface area contributed by atoms with Gasteiger partial charge in [0.15, 0.2) is 5.79 Å². The summed E-state index contributed by atoms with van der Waals surface area (Å²) in [6.07, 6.45) is 2.08. The van der Waals surface area contributed by atoms with Crippen LogP contribution in [0.5, 0.6) is 0 Å². The van der Waals surface area contributed by atoms with Crippen molar-refractivity contribution in [1.82, 2.24) is 15.1 Å². The Kier molecular flexibility index (Phi) is 5.98. The Bertz CT molecular complexity index is 531. The molecule has 3 fully saturated rings. The minimum absolute atomic E-state index is 0.102. The highest BCUT2D eigenvalue weighted by molar-refractivity contribution is 6.35. The van der Waals surface area contributed by atoms with Crippen molar-refractivity contribution in [3.63, 3.8) is 0 Å². The highest BCUT2D eigenvalue weighted by Gasteiger charge is 2.41. The standard InChI is InChI=1S/C17H27N3O6/c1-2-24-16(23)20-7-3-13(4-8-20)18-14(21)15(22)19-9-5-17(6-10-19)25-11-12-26-17/h13H,2-12H2,1H3,(H,18,21). The minimum atomic E-state index is -0.580. The van der Waals surface area contributed by atoms with E-state index in [2.05, 4.69) is 5.32 Å². The van der Waals surface area contributed by atoms with Crippen LogP contribution in [0.15, 0.2) is 0 Å². The molecule has 0 aliphatic carbocycles. The Hall–Kier alpha value is -1.87. The predicted molar refractivity (Wildman–Crippen MR) is 90.2 cm³/mol. The van der Waals surface area contributed by atoms with E-state index in [0.717, 1.165) is 0 Å². The van der Waals surface area contributed by atoms with Crippen LogP contribution in [0.4, 0.5) is 4.79 Å². The molecule has 3 aliphatic rings. The summed E-state index contributed by atoms with van der Waals surface area (Å²) in [7, 11) is 0. The third-order valence-electron chi connectivity index (χ3n) is 5.18. The first-order valence-corrected chi connectivity index (χ1v) is 9.32. The second-order valence-corrected chi connectivity index (χ2v) is 6.83. The second kappa shape index (κ2) is 8.22. The van der Waals surface area contributed by atoms with Gasteiger partial charge in [-0.25, -0.2) is 4.79 Å². The highest BCUT2D eigenvalue weighted by atomic mass is 16.7. The van der Waals surface area contributed by atoms with Crippen LogP contribution in [-0.4, -0.2) is 85.5 Å². The molecule has 0 unspecified atom stereocenters. The van der Waals surface area contributed by atoms with E-state index in [9.17, 15) is 14.4 Å². The van der Waals surface area contributed by atoms with Gasteiger partial charge in [0.1, 0.15) is 0 Å². The zero-order chi connectivity index (χ0) is 18.6. The molecule has 0 bridgehead atoms. The Balaban J connectivity index is 1.41. The topological polar surface area (TPSA) is 97.4 Å². The van der Waals surface area contributed by atoms with Crippen molar-refractivity contribution in [2.75, 3.05) is 46.0 Å². The van der Waals surface area contributed by atoms with Crippen LogP contribution in [0.3, 0.4) is 0 Å². The zero-order valence-electron chi connectivity index (χ0n) is 15.2. The number of hydrogen-bond donors (Lipinski definition) is 1. The molecule has 3 amide bonds. The quantitative estimate of drug-likeness (QED) is 0.693. The van der Waals surface area contributed by atoms with E-state index < -0.39 is 17.6 Å². The number of carbonyl (C=O) groups is 3. The number of hydrogen-bond acceptors (Lipinski definition) is 6. The van der Waals surface area contributed by atoms with E-state index in [-0.39, 0.29) is 12.1 Å². The SMILES string of the molecule is CCOC(=O)N1CCC(NC(=O)C(=O)N2CCC3(CC2)OCCO3)CC1. The van der Waals surface area contributed by atoms with E-state index in [4.69, 9.17) is 14.2 Å². The van der Waals surface area contributed by atoms with Crippen LogP contribution >= 0.6 is 0 Å². The number of ether oxygens (including phenoxy) is 3. The molecule has 3 aliphatic heterocycles. The number of nitrogens with one attached hydrogen (secondary N) is 1. The normalized spacial score (nSPS) is 23.1. The second-order valence-electron chi connectivity index (χ2n) is 6.83. The van der Waals surface area contributed by atoms with Gasteiger partial charge in [0.2, 0.25) is 0 Å². The maximum Gasteiger partial charge on any atom is 0.409 e. The lowest BCUT2D eigenvalue weighted by atomic mass is 10.0. The van der Waals surface area contributed by atoms with Crippen molar-refractivity contribution in [1.29, 1.82) is 0 Å².